The summed E-state index contributed by atoms with van der Waals surface area (Å²) in [7, 11) is 5.72. The summed E-state index contributed by atoms with van der Waals surface area (Å²) < 4.78 is 11.3. The van der Waals surface area contributed by atoms with Crippen LogP contribution in [0.5, 0.6) is 11.5 Å². The molecule has 1 heterocycles. The molecule has 0 saturated heterocycles. The van der Waals surface area contributed by atoms with E-state index in [2.05, 4.69) is 40.9 Å². The summed E-state index contributed by atoms with van der Waals surface area (Å²) in [4.78, 5) is 4.35. The van der Waals surface area contributed by atoms with E-state index < -0.39 is 6.10 Å². The SMILES string of the molecule is COc1cc(CN(C)CCc2cn[nH]c2)ccc1OCC(O)CN(C)C(C)C. The highest BCUT2D eigenvalue weighted by Crippen LogP contribution is 2.28. The number of ether oxygens (including phenoxy) is 2. The van der Waals surface area contributed by atoms with Crippen molar-refractivity contribution in [1.82, 2.24) is 20.0 Å². The summed E-state index contributed by atoms with van der Waals surface area (Å²) >= 11 is 0. The van der Waals surface area contributed by atoms with Gasteiger partial charge in [-0.3, -0.25) is 5.10 Å². The van der Waals surface area contributed by atoms with Gasteiger partial charge in [0.25, 0.3) is 0 Å². The topological polar surface area (TPSA) is 73.8 Å². The second-order valence-corrected chi connectivity index (χ2v) is 7.58. The van der Waals surface area contributed by atoms with Crippen molar-refractivity contribution >= 4 is 0 Å². The summed E-state index contributed by atoms with van der Waals surface area (Å²) in [6.07, 6.45) is 4.19. The number of rotatable bonds is 12. The lowest BCUT2D eigenvalue weighted by Gasteiger charge is -2.24. The first-order chi connectivity index (χ1) is 13.4. The van der Waals surface area contributed by atoms with Crippen LogP contribution in [-0.4, -0.2) is 78.2 Å². The maximum absolute atomic E-state index is 10.2. The van der Waals surface area contributed by atoms with Crippen LogP contribution >= 0.6 is 0 Å². The Balaban J connectivity index is 1.86. The van der Waals surface area contributed by atoms with Crippen molar-refractivity contribution < 1.29 is 14.6 Å². The van der Waals surface area contributed by atoms with Crippen molar-refractivity contribution in [3.63, 3.8) is 0 Å². The zero-order chi connectivity index (χ0) is 20.5. The quantitative estimate of drug-likeness (QED) is 0.579. The lowest BCUT2D eigenvalue weighted by molar-refractivity contribution is 0.0668. The Kier molecular flexibility index (Phi) is 8.76. The molecule has 2 N–H and O–H groups in total. The molecule has 2 aromatic rings. The highest BCUT2D eigenvalue weighted by molar-refractivity contribution is 5.43. The molecule has 0 amide bonds. The maximum Gasteiger partial charge on any atom is 0.161 e. The zero-order valence-corrected chi connectivity index (χ0v) is 17.7. The van der Waals surface area contributed by atoms with E-state index in [1.807, 2.05) is 37.6 Å². The van der Waals surface area contributed by atoms with Crippen molar-refractivity contribution in [3.05, 3.63) is 41.7 Å². The van der Waals surface area contributed by atoms with Crippen LogP contribution < -0.4 is 9.47 Å². The van der Waals surface area contributed by atoms with E-state index in [1.165, 1.54) is 5.56 Å². The lowest BCUT2D eigenvalue weighted by atomic mass is 10.1. The number of aromatic amines is 1. The van der Waals surface area contributed by atoms with E-state index in [0.29, 0.717) is 24.1 Å². The van der Waals surface area contributed by atoms with Crippen molar-refractivity contribution in [3.8, 4) is 11.5 Å². The Labute approximate surface area is 168 Å². The molecule has 0 radical (unpaired) electrons. The molecule has 1 atom stereocenters. The van der Waals surface area contributed by atoms with Crippen LogP contribution in [0.15, 0.2) is 30.6 Å². The summed E-state index contributed by atoms with van der Waals surface area (Å²) in [5, 5.41) is 17.0. The second kappa shape index (κ2) is 11.0. The van der Waals surface area contributed by atoms with Gasteiger partial charge >= 0.3 is 0 Å². The minimum Gasteiger partial charge on any atom is -0.493 e. The molecule has 156 valence electrons. The summed E-state index contributed by atoms with van der Waals surface area (Å²) in [6, 6.07) is 6.33. The first kappa shape index (κ1) is 22.2. The van der Waals surface area contributed by atoms with Crippen LogP contribution in [0.25, 0.3) is 0 Å². The smallest absolute Gasteiger partial charge is 0.161 e. The number of aromatic nitrogens is 2. The highest BCUT2D eigenvalue weighted by atomic mass is 16.5. The fourth-order valence-corrected chi connectivity index (χ4v) is 2.84. The minimum atomic E-state index is -0.550. The second-order valence-electron chi connectivity index (χ2n) is 7.58. The number of hydrogen-bond acceptors (Lipinski definition) is 6. The number of aliphatic hydroxyl groups is 1. The van der Waals surface area contributed by atoms with Crippen molar-refractivity contribution in [2.75, 3.05) is 40.9 Å². The molecule has 0 saturated carbocycles. The van der Waals surface area contributed by atoms with Crippen molar-refractivity contribution in [2.45, 2.75) is 39.0 Å². The van der Waals surface area contributed by atoms with Gasteiger partial charge in [0.05, 0.1) is 13.3 Å². The largest absolute Gasteiger partial charge is 0.493 e. The van der Waals surface area contributed by atoms with Gasteiger partial charge in [-0.2, -0.15) is 5.10 Å². The number of methoxy groups -OCH3 is 1. The molecule has 1 unspecified atom stereocenters. The van der Waals surface area contributed by atoms with Gasteiger partial charge in [-0.1, -0.05) is 6.07 Å². The van der Waals surface area contributed by atoms with Gasteiger partial charge in [0, 0.05) is 31.9 Å². The minimum absolute atomic E-state index is 0.234. The van der Waals surface area contributed by atoms with Crippen molar-refractivity contribution in [1.29, 1.82) is 0 Å². The fraction of sp³-hybridized carbons (Fsp3) is 0.571. The van der Waals surface area contributed by atoms with Gasteiger partial charge in [0.2, 0.25) is 0 Å². The Bertz CT molecular complexity index is 691. The monoisotopic (exact) mass is 390 g/mol. The lowest BCUT2D eigenvalue weighted by Crippen LogP contribution is -2.36. The number of nitrogens with zero attached hydrogens (tertiary/aromatic N) is 3. The van der Waals surface area contributed by atoms with Gasteiger partial charge in [0.15, 0.2) is 11.5 Å². The summed E-state index contributed by atoms with van der Waals surface area (Å²) in [5.41, 5.74) is 2.36. The predicted molar refractivity (Wildman–Crippen MR) is 111 cm³/mol. The standard InChI is InChI=1S/C21H34N4O3/c1-16(2)25(4)14-19(26)15-28-20-7-6-17(10-21(20)27-5)13-24(3)9-8-18-11-22-23-12-18/h6-7,10-12,16,19,26H,8-9,13-15H2,1-5H3,(H,22,23). The average molecular weight is 391 g/mol. The van der Waals surface area contributed by atoms with E-state index in [0.717, 1.165) is 25.1 Å². The van der Waals surface area contributed by atoms with Gasteiger partial charge in [0.1, 0.15) is 12.7 Å². The maximum atomic E-state index is 10.2. The first-order valence-electron chi connectivity index (χ1n) is 9.73. The number of likely N-dealkylation sites (N-methyl/N-ethyl adjacent to an activating group) is 2. The number of aliphatic hydroxyl groups excluding tert-OH is 1. The van der Waals surface area contributed by atoms with Crippen LogP contribution in [0.4, 0.5) is 0 Å². The molecule has 0 bridgehead atoms. The normalized spacial score (nSPS) is 12.8. The van der Waals surface area contributed by atoms with E-state index in [9.17, 15) is 5.11 Å². The molecule has 0 spiro atoms. The summed E-state index contributed by atoms with van der Waals surface area (Å²) in [6.45, 7) is 6.76. The molecule has 2 rings (SSSR count). The zero-order valence-electron chi connectivity index (χ0n) is 17.7. The molecule has 0 aliphatic carbocycles. The average Bonchev–Trinajstić information content (AvgIpc) is 3.18. The van der Waals surface area contributed by atoms with Crippen LogP contribution in [-0.2, 0) is 13.0 Å². The molecule has 7 nitrogen and oxygen atoms in total. The molecule has 28 heavy (non-hydrogen) atoms. The van der Waals surface area contributed by atoms with Crippen LogP contribution in [0, 0.1) is 0 Å². The van der Waals surface area contributed by atoms with Gasteiger partial charge in [-0.05, 0) is 57.6 Å². The van der Waals surface area contributed by atoms with Gasteiger partial charge in [-0.25, -0.2) is 0 Å². The number of nitrogens with one attached hydrogen (secondary N) is 1. The van der Waals surface area contributed by atoms with Gasteiger partial charge in [-0.15, -0.1) is 0 Å². The molecule has 1 aromatic heterocycles. The molecule has 0 aliphatic heterocycles. The Morgan fingerprint density at radius 1 is 1.18 bits per heavy atom. The Hall–Kier alpha value is -2.09. The van der Waals surface area contributed by atoms with Crippen LogP contribution in [0.1, 0.15) is 25.0 Å². The fourth-order valence-electron chi connectivity index (χ4n) is 2.84. The molecule has 0 fully saturated rings. The van der Waals surface area contributed by atoms with E-state index in [-0.39, 0.29) is 6.61 Å². The molecular weight excluding hydrogens is 356 g/mol. The van der Waals surface area contributed by atoms with E-state index >= 15 is 0 Å². The third-order valence-corrected chi connectivity index (χ3v) is 4.83. The van der Waals surface area contributed by atoms with E-state index in [4.69, 9.17) is 9.47 Å². The van der Waals surface area contributed by atoms with Crippen LogP contribution in [0.2, 0.25) is 0 Å². The highest BCUT2D eigenvalue weighted by Gasteiger charge is 2.13. The first-order valence-corrected chi connectivity index (χ1v) is 9.73. The molecule has 1 aromatic carbocycles. The Morgan fingerprint density at radius 2 is 1.96 bits per heavy atom. The third kappa shape index (κ3) is 7.14. The predicted octanol–water partition coefficient (Wildman–Crippen LogP) is 2.17. The molecular formula is C21H34N4O3. The molecule has 7 heteroatoms. The number of H-pyrrole nitrogens is 1. The number of hydrogen-bond donors (Lipinski definition) is 2. The van der Waals surface area contributed by atoms with E-state index in [1.54, 1.807) is 7.11 Å². The molecule has 0 aliphatic rings. The number of benzene rings is 1. The van der Waals surface area contributed by atoms with Crippen LogP contribution in [0.3, 0.4) is 0 Å². The van der Waals surface area contributed by atoms with Crippen molar-refractivity contribution in [2.24, 2.45) is 0 Å². The van der Waals surface area contributed by atoms with Gasteiger partial charge < -0.3 is 24.4 Å². The Morgan fingerprint density at radius 3 is 2.61 bits per heavy atom. The summed E-state index contributed by atoms with van der Waals surface area (Å²) in [5.74, 6) is 1.34. The third-order valence-electron chi connectivity index (χ3n) is 4.83.